The minimum Gasteiger partial charge on any atom is -0.339 e. The average molecular weight is 382 g/mol. The number of aromatic amines is 1. The Morgan fingerprint density at radius 3 is 2.89 bits per heavy atom. The molecular formula is C18H18N6O2S. The van der Waals surface area contributed by atoms with Crippen molar-refractivity contribution in [1.29, 1.82) is 0 Å². The standard InChI is InChI=1S/C18H18N6O2S/c1-2-3-9-15-20-14(23-26-15)11-27-18-21-16-13(17(25)22-18)10-19-24(16)12-7-5-4-6-8-12/h4-8,10H,2-3,9,11H2,1H3,(H,21,22,25). The number of hydrogen-bond donors (Lipinski definition) is 1. The van der Waals surface area contributed by atoms with E-state index < -0.39 is 0 Å². The van der Waals surface area contributed by atoms with E-state index in [2.05, 4.69) is 32.1 Å². The van der Waals surface area contributed by atoms with E-state index in [1.807, 2.05) is 30.3 Å². The second-order valence-electron chi connectivity index (χ2n) is 6.00. The number of aryl methyl sites for hydroxylation is 1. The minimum atomic E-state index is -0.221. The lowest BCUT2D eigenvalue weighted by atomic mass is 10.2. The quantitative estimate of drug-likeness (QED) is 0.387. The first kappa shape index (κ1) is 17.5. The van der Waals surface area contributed by atoms with Crippen LogP contribution in [0.3, 0.4) is 0 Å². The van der Waals surface area contributed by atoms with Gasteiger partial charge in [-0.3, -0.25) is 4.79 Å². The topological polar surface area (TPSA) is 102 Å². The van der Waals surface area contributed by atoms with Crippen molar-refractivity contribution in [2.75, 3.05) is 0 Å². The van der Waals surface area contributed by atoms with Gasteiger partial charge < -0.3 is 9.51 Å². The molecule has 0 amide bonds. The highest BCUT2D eigenvalue weighted by molar-refractivity contribution is 7.98. The van der Waals surface area contributed by atoms with E-state index in [1.54, 1.807) is 4.68 Å². The number of aromatic nitrogens is 6. The lowest BCUT2D eigenvalue weighted by Gasteiger charge is -2.03. The van der Waals surface area contributed by atoms with Crippen molar-refractivity contribution in [1.82, 2.24) is 29.9 Å². The molecule has 4 aromatic rings. The lowest BCUT2D eigenvalue weighted by Crippen LogP contribution is -2.09. The third-order valence-corrected chi connectivity index (χ3v) is 4.88. The normalized spacial score (nSPS) is 11.3. The third-order valence-electron chi connectivity index (χ3n) is 4.01. The number of H-pyrrole nitrogens is 1. The number of nitrogens with zero attached hydrogens (tertiary/aromatic N) is 5. The summed E-state index contributed by atoms with van der Waals surface area (Å²) in [5.74, 6) is 1.70. The van der Waals surface area contributed by atoms with Crippen LogP contribution >= 0.6 is 11.8 Å². The minimum absolute atomic E-state index is 0.221. The monoisotopic (exact) mass is 382 g/mol. The zero-order valence-corrected chi connectivity index (χ0v) is 15.6. The molecule has 0 aliphatic heterocycles. The Labute approximate surface area is 159 Å². The smallest absolute Gasteiger partial charge is 0.262 e. The zero-order valence-electron chi connectivity index (χ0n) is 14.8. The fraction of sp³-hybridized carbons (Fsp3) is 0.278. The molecule has 3 aromatic heterocycles. The van der Waals surface area contributed by atoms with Crippen LogP contribution in [0, 0.1) is 0 Å². The molecule has 1 aromatic carbocycles. The van der Waals surface area contributed by atoms with Gasteiger partial charge >= 0.3 is 0 Å². The molecule has 8 nitrogen and oxygen atoms in total. The van der Waals surface area contributed by atoms with Gasteiger partial charge in [-0.2, -0.15) is 10.1 Å². The first-order valence-corrected chi connectivity index (χ1v) is 9.71. The van der Waals surface area contributed by atoms with Gasteiger partial charge in [0.2, 0.25) is 5.89 Å². The molecule has 3 heterocycles. The van der Waals surface area contributed by atoms with Crippen LogP contribution in [0.25, 0.3) is 16.7 Å². The highest BCUT2D eigenvalue weighted by atomic mass is 32.2. The molecule has 0 fully saturated rings. The fourth-order valence-corrected chi connectivity index (χ4v) is 3.34. The molecule has 0 bridgehead atoms. The Morgan fingerprint density at radius 1 is 1.22 bits per heavy atom. The molecule has 138 valence electrons. The molecule has 0 saturated heterocycles. The van der Waals surface area contributed by atoms with Crippen LogP contribution in [0.4, 0.5) is 0 Å². The van der Waals surface area contributed by atoms with Gasteiger partial charge in [0.15, 0.2) is 16.6 Å². The fourth-order valence-electron chi connectivity index (χ4n) is 2.64. The molecule has 27 heavy (non-hydrogen) atoms. The summed E-state index contributed by atoms with van der Waals surface area (Å²) in [6, 6.07) is 9.59. The summed E-state index contributed by atoms with van der Waals surface area (Å²) in [7, 11) is 0. The largest absolute Gasteiger partial charge is 0.339 e. The number of fused-ring (bicyclic) bond motifs is 1. The van der Waals surface area contributed by atoms with Crippen molar-refractivity contribution in [3.63, 3.8) is 0 Å². The van der Waals surface area contributed by atoms with Crippen LogP contribution in [-0.2, 0) is 12.2 Å². The average Bonchev–Trinajstić information content (AvgIpc) is 3.32. The summed E-state index contributed by atoms with van der Waals surface area (Å²) >= 11 is 1.35. The van der Waals surface area contributed by atoms with Gasteiger partial charge in [-0.1, -0.05) is 48.5 Å². The van der Waals surface area contributed by atoms with Gasteiger partial charge in [-0.05, 0) is 18.6 Å². The van der Waals surface area contributed by atoms with Gasteiger partial charge in [0.05, 0.1) is 17.6 Å². The molecule has 9 heteroatoms. The summed E-state index contributed by atoms with van der Waals surface area (Å²) in [5, 5.41) is 9.22. The van der Waals surface area contributed by atoms with Crippen molar-refractivity contribution in [2.45, 2.75) is 37.1 Å². The van der Waals surface area contributed by atoms with E-state index in [4.69, 9.17) is 4.52 Å². The van der Waals surface area contributed by atoms with E-state index in [-0.39, 0.29) is 5.56 Å². The van der Waals surface area contributed by atoms with Crippen molar-refractivity contribution in [3.05, 3.63) is 58.6 Å². The summed E-state index contributed by atoms with van der Waals surface area (Å²) in [6.07, 6.45) is 4.41. The molecule has 0 aliphatic carbocycles. The van der Waals surface area contributed by atoms with Crippen molar-refractivity contribution in [3.8, 4) is 5.69 Å². The van der Waals surface area contributed by atoms with Crippen LogP contribution in [0.15, 0.2) is 51.0 Å². The number of unbranched alkanes of at least 4 members (excludes halogenated alkanes) is 1. The van der Waals surface area contributed by atoms with E-state index in [1.165, 1.54) is 18.0 Å². The van der Waals surface area contributed by atoms with Crippen LogP contribution in [0.1, 0.15) is 31.5 Å². The van der Waals surface area contributed by atoms with Crippen molar-refractivity contribution >= 4 is 22.8 Å². The number of nitrogens with one attached hydrogen (secondary N) is 1. The number of hydrogen-bond acceptors (Lipinski definition) is 7. The van der Waals surface area contributed by atoms with Crippen LogP contribution in [0.5, 0.6) is 0 Å². The maximum atomic E-state index is 12.4. The first-order valence-electron chi connectivity index (χ1n) is 8.72. The van der Waals surface area contributed by atoms with Gasteiger partial charge in [0.25, 0.3) is 5.56 Å². The molecule has 4 rings (SSSR count). The molecular weight excluding hydrogens is 364 g/mol. The van der Waals surface area contributed by atoms with Crippen LogP contribution in [0.2, 0.25) is 0 Å². The molecule has 0 radical (unpaired) electrons. The highest BCUT2D eigenvalue weighted by Crippen LogP contribution is 2.20. The second kappa shape index (κ2) is 7.75. The molecule has 0 unspecified atom stereocenters. The van der Waals surface area contributed by atoms with Crippen LogP contribution in [-0.4, -0.2) is 29.9 Å². The van der Waals surface area contributed by atoms with Gasteiger partial charge in [0.1, 0.15) is 5.39 Å². The van der Waals surface area contributed by atoms with Crippen molar-refractivity contribution < 1.29 is 4.52 Å². The zero-order chi connectivity index (χ0) is 18.6. The Kier molecular flexibility index (Phi) is 5.01. The third kappa shape index (κ3) is 3.77. The van der Waals surface area contributed by atoms with Crippen LogP contribution < -0.4 is 5.56 Å². The predicted octanol–water partition coefficient (Wildman–Crippen LogP) is 3.13. The molecule has 0 saturated carbocycles. The SMILES string of the molecule is CCCCc1nc(CSc2nc3c(cnn3-c3ccccc3)c(=O)[nH]2)no1. The van der Waals surface area contributed by atoms with E-state index in [0.29, 0.717) is 33.7 Å². The van der Waals surface area contributed by atoms with Gasteiger partial charge in [-0.15, -0.1) is 0 Å². The Hall–Kier alpha value is -2.94. The maximum absolute atomic E-state index is 12.4. The number of benzene rings is 1. The highest BCUT2D eigenvalue weighted by Gasteiger charge is 2.13. The van der Waals surface area contributed by atoms with Crippen molar-refractivity contribution in [2.24, 2.45) is 0 Å². The van der Waals surface area contributed by atoms with Gasteiger partial charge in [-0.25, -0.2) is 9.67 Å². The summed E-state index contributed by atoms with van der Waals surface area (Å²) in [4.78, 5) is 24.1. The van der Waals surface area contributed by atoms with E-state index in [9.17, 15) is 4.79 Å². The lowest BCUT2D eigenvalue weighted by molar-refractivity contribution is 0.371. The molecule has 0 aliphatic rings. The summed E-state index contributed by atoms with van der Waals surface area (Å²) in [6.45, 7) is 2.12. The molecule has 0 spiro atoms. The predicted molar refractivity (Wildman–Crippen MR) is 102 cm³/mol. The summed E-state index contributed by atoms with van der Waals surface area (Å²) in [5.41, 5.74) is 1.14. The number of para-hydroxylation sites is 1. The summed E-state index contributed by atoms with van der Waals surface area (Å²) < 4.78 is 6.89. The van der Waals surface area contributed by atoms with Gasteiger partial charge in [0, 0.05) is 6.42 Å². The Morgan fingerprint density at radius 2 is 2.07 bits per heavy atom. The maximum Gasteiger partial charge on any atom is 0.262 e. The number of thioether (sulfide) groups is 1. The first-order chi connectivity index (χ1) is 13.2. The Balaban J connectivity index is 1.57. The number of rotatable bonds is 7. The van der Waals surface area contributed by atoms with E-state index >= 15 is 0 Å². The Bertz CT molecular complexity index is 1100. The second-order valence-corrected chi connectivity index (χ2v) is 6.96. The molecule has 1 N–H and O–H groups in total. The molecule has 0 atom stereocenters. The van der Waals surface area contributed by atoms with E-state index in [0.717, 1.165) is 24.9 Å².